The van der Waals surface area contributed by atoms with E-state index in [1.807, 2.05) is 0 Å². The van der Waals surface area contributed by atoms with E-state index < -0.39 is 5.60 Å². The fourth-order valence-corrected chi connectivity index (χ4v) is 1.90. The second-order valence-corrected chi connectivity index (χ2v) is 4.55. The van der Waals surface area contributed by atoms with Gasteiger partial charge in [0.25, 0.3) is 5.91 Å². The normalized spacial score (nSPS) is 18.0. The number of likely N-dealkylation sites (tertiary alicyclic amines) is 1. The van der Waals surface area contributed by atoms with Gasteiger partial charge in [0, 0.05) is 16.9 Å². The molecule has 0 spiro atoms. The predicted octanol–water partition coefficient (Wildman–Crippen LogP) is 0.0578. The molecule has 0 aliphatic carbocycles. The first-order chi connectivity index (χ1) is 7.37. The lowest BCUT2D eigenvalue weighted by Crippen LogP contribution is -2.61. The number of nitrogens with two attached hydrogens (primary N) is 2. The summed E-state index contributed by atoms with van der Waals surface area (Å²) < 4.78 is 0. The van der Waals surface area contributed by atoms with Gasteiger partial charge < -0.3 is 21.5 Å². The van der Waals surface area contributed by atoms with Crippen molar-refractivity contribution in [2.75, 3.05) is 24.6 Å². The summed E-state index contributed by atoms with van der Waals surface area (Å²) >= 11 is 0. The van der Waals surface area contributed by atoms with Crippen LogP contribution in [-0.4, -0.2) is 34.6 Å². The van der Waals surface area contributed by atoms with Crippen molar-refractivity contribution in [3.63, 3.8) is 0 Å². The summed E-state index contributed by atoms with van der Waals surface area (Å²) in [6.45, 7) is 2.39. The minimum absolute atomic E-state index is 0.148. The van der Waals surface area contributed by atoms with Crippen molar-refractivity contribution < 1.29 is 9.90 Å². The van der Waals surface area contributed by atoms with Crippen molar-refractivity contribution in [3.8, 4) is 0 Å². The van der Waals surface area contributed by atoms with Crippen molar-refractivity contribution in [1.29, 1.82) is 0 Å². The smallest absolute Gasteiger partial charge is 0.254 e. The average Bonchev–Trinajstić information content (AvgIpc) is 2.11. The first-order valence-electron chi connectivity index (χ1n) is 5.05. The highest BCUT2D eigenvalue weighted by Crippen LogP contribution is 2.23. The lowest BCUT2D eigenvalue weighted by Gasteiger charge is -2.44. The van der Waals surface area contributed by atoms with Crippen LogP contribution >= 0.6 is 0 Å². The molecule has 0 aromatic heterocycles. The second-order valence-electron chi connectivity index (χ2n) is 4.55. The van der Waals surface area contributed by atoms with Crippen molar-refractivity contribution >= 4 is 17.3 Å². The number of anilines is 2. The van der Waals surface area contributed by atoms with Crippen LogP contribution in [-0.2, 0) is 0 Å². The van der Waals surface area contributed by atoms with Gasteiger partial charge in [0.15, 0.2) is 0 Å². The first kappa shape index (κ1) is 10.8. The molecule has 1 aliphatic rings. The van der Waals surface area contributed by atoms with Crippen LogP contribution in [0, 0.1) is 0 Å². The van der Waals surface area contributed by atoms with Crippen LogP contribution in [0.15, 0.2) is 18.2 Å². The maximum absolute atomic E-state index is 11.9. The van der Waals surface area contributed by atoms with Crippen LogP contribution in [0.1, 0.15) is 17.3 Å². The number of hydrogen-bond acceptors (Lipinski definition) is 4. The maximum Gasteiger partial charge on any atom is 0.254 e. The Morgan fingerprint density at radius 2 is 1.81 bits per heavy atom. The van der Waals surface area contributed by atoms with Gasteiger partial charge in [-0.2, -0.15) is 0 Å². The van der Waals surface area contributed by atoms with E-state index >= 15 is 0 Å². The summed E-state index contributed by atoms with van der Waals surface area (Å²) in [5, 5.41) is 9.55. The number of benzene rings is 1. The molecular weight excluding hydrogens is 206 g/mol. The van der Waals surface area contributed by atoms with Crippen molar-refractivity contribution in [2.24, 2.45) is 0 Å². The zero-order valence-corrected chi connectivity index (χ0v) is 9.10. The van der Waals surface area contributed by atoms with Crippen LogP contribution in [0.2, 0.25) is 0 Å². The molecule has 1 heterocycles. The predicted molar refractivity (Wildman–Crippen MR) is 61.8 cm³/mol. The van der Waals surface area contributed by atoms with Gasteiger partial charge in [0.2, 0.25) is 0 Å². The van der Waals surface area contributed by atoms with Crippen LogP contribution in [0.3, 0.4) is 0 Å². The second kappa shape index (κ2) is 3.38. The molecule has 1 fully saturated rings. The SMILES string of the molecule is CC1(O)CN(C(=O)c2cc(N)cc(N)c2)C1. The Bertz CT molecular complexity index is 415. The van der Waals surface area contributed by atoms with Crippen molar-refractivity contribution in [3.05, 3.63) is 23.8 Å². The monoisotopic (exact) mass is 221 g/mol. The number of nitrogens with zero attached hydrogens (tertiary/aromatic N) is 1. The molecule has 0 unspecified atom stereocenters. The summed E-state index contributed by atoms with van der Waals surface area (Å²) in [7, 11) is 0. The third-order valence-electron chi connectivity index (χ3n) is 2.57. The van der Waals surface area contributed by atoms with E-state index in [4.69, 9.17) is 11.5 Å². The Kier molecular flexibility index (Phi) is 2.27. The quantitative estimate of drug-likeness (QED) is 0.584. The van der Waals surface area contributed by atoms with Gasteiger partial charge >= 0.3 is 0 Å². The van der Waals surface area contributed by atoms with E-state index in [0.29, 0.717) is 30.0 Å². The molecule has 1 aliphatic heterocycles. The molecule has 5 heteroatoms. The molecule has 0 saturated carbocycles. The number of nitrogen functional groups attached to an aromatic ring is 2. The molecule has 0 atom stereocenters. The zero-order valence-electron chi connectivity index (χ0n) is 9.10. The fourth-order valence-electron chi connectivity index (χ4n) is 1.90. The largest absolute Gasteiger partial charge is 0.399 e. The van der Waals surface area contributed by atoms with Crippen molar-refractivity contribution in [1.82, 2.24) is 4.90 Å². The first-order valence-corrected chi connectivity index (χ1v) is 5.05. The van der Waals surface area contributed by atoms with Crippen LogP contribution in [0.5, 0.6) is 0 Å². The standard InChI is InChI=1S/C11H15N3O2/c1-11(16)5-14(6-11)10(15)7-2-8(12)4-9(13)3-7/h2-4,16H,5-6,12-13H2,1H3. The van der Waals surface area contributed by atoms with Gasteiger partial charge in [0.1, 0.15) is 0 Å². The van der Waals surface area contributed by atoms with Crippen molar-refractivity contribution in [2.45, 2.75) is 12.5 Å². The van der Waals surface area contributed by atoms with Gasteiger partial charge in [-0.15, -0.1) is 0 Å². The lowest BCUT2D eigenvalue weighted by atomic mass is 9.96. The molecule has 5 nitrogen and oxygen atoms in total. The van der Waals surface area contributed by atoms with Crippen LogP contribution < -0.4 is 11.5 Å². The molecule has 2 rings (SSSR count). The van der Waals surface area contributed by atoms with E-state index in [0.717, 1.165) is 0 Å². The fraction of sp³-hybridized carbons (Fsp3) is 0.364. The molecule has 0 bridgehead atoms. The van der Waals surface area contributed by atoms with E-state index in [1.54, 1.807) is 30.0 Å². The number of β-amino-alcohol motifs (C(OH)–C–C–N with tert-alkyl or cyclic N) is 1. The molecular formula is C11H15N3O2. The summed E-state index contributed by atoms with van der Waals surface area (Å²) in [5.41, 5.74) is 11.9. The topological polar surface area (TPSA) is 92.6 Å². The van der Waals surface area contributed by atoms with E-state index in [-0.39, 0.29) is 5.91 Å². The Morgan fingerprint density at radius 3 is 2.25 bits per heavy atom. The Balaban J connectivity index is 2.16. The summed E-state index contributed by atoms with van der Waals surface area (Å²) in [4.78, 5) is 13.5. The molecule has 1 aromatic rings. The Morgan fingerprint density at radius 1 is 1.31 bits per heavy atom. The van der Waals surface area contributed by atoms with Gasteiger partial charge in [-0.1, -0.05) is 0 Å². The molecule has 86 valence electrons. The summed E-state index contributed by atoms with van der Waals surface area (Å²) in [5.74, 6) is -0.148. The highest BCUT2D eigenvalue weighted by atomic mass is 16.3. The number of carbonyl (C=O) groups excluding carboxylic acids is 1. The molecule has 1 amide bonds. The average molecular weight is 221 g/mol. The van der Waals surface area contributed by atoms with Gasteiger partial charge in [-0.25, -0.2) is 0 Å². The third-order valence-corrected chi connectivity index (χ3v) is 2.57. The summed E-state index contributed by atoms with van der Waals surface area (Å²) in [6, 6.07) is 4.78. The maximum atomic E-state index is 11.9. The van der Waals surface area contributed by atoms with Crippen LogP contribution in [0.25, 0.3) is 0 Å². The minimum atomic E-state index is -0.762. The number of hydrogen-bond donors (Lipinski definition) is 3. The third kappa shape index (κ3) is 1.94. The van der Waals surface area contributed by atoms with E-state index in [1.165, 1.54) is 0 Å². The highest BCUT2D eigenvalue weighted by Gasteiger charge is 2.39. The van der Waals surface area contributed by atoms with Crippen LogP contribution in [0.4, 0.5) is 11.4 Å². The van der Waals surface area contributed by atoms with Gasteiger partial charge in [-0.3, -0.25) is 4.79 Å². The molecule has 16 heavy (non-hydrogen) atoms. The molecule has 0 radical (unpaired) electrons. The number of carbonyl (C=O) groups is 1. The molecule has 1 saturated heterocycles. The van der Waals surface area contributed by atoms with Gasteiger partial charge in [0.05, 0.1) is 18.7 Å². The number of rotatable bonds is 1. The number of amides is 1. The number of aliphatic hydroxyl groups is 1. The molecule has 5 N–H and O–H groups in total. The summed E-state index contributed by atoms with van der Waals surface area (Å²) in [6.07, 6.45) is 0. The zero-order chi connectivity index (χ0) is 11.9. The molecule has 1 aromatic carbocycles. The minimum Gasteiger partial charge on any atom is -0.399 e. The van der Waals surface area contributed by atoms with E-state index in [2.05, 4.69) is 0 Å². The lowest BCUT2D eigenvalue weighted by molar-refractivity contribution is -0.0668. The Labute approximate surface area is 93.6 Å². The van der Waals surface area contributed by atoms with E-state index in [9.17, 15) is 9.90 Å². The Hall–Kier alpha value is -1.75. The van der Waals surface area contributed by atoms with Gasteiger partial charge in [-0.05, 0) is 25.1 Å². The highest BCUT2D eigenvalue weighted by molar-refractivity contribution is 5.96.